The van der Waals surface area contributed by atoms with Gasteiger partial charge in [0, 0.05) is 16.0 Å². The van der Waals surface area contributed by atoms with Crippen molar-refractivity contribution in [2.45, 2.75) is 13.8 Å². The van der Waals surface area contributed by atoms with Crippen molar-refractivity contribution in [3.63, 3.8) is 0 Å². The number of rotatable bonds is 5. The number of nitrogens with one attached hydrogen (secondary N) is 1. The van der Waals surface area contributed by atoms with Gasteiger partial charge < -0.3 is 4.74 Å². The summed E-state index contributed by atoms with van der Waals surface area (Å²) in [6, 6.07) is 20.9. The Labute approximate surface area is 200 Å². The molecule has 0 unspecified atom stereocenters. The van der Waals surface area contributed by atoms with Gasteiger partial charge >= 0.3 is 0 Å². The van der Waals surface area contributed by atoms with Crippen LogP contribution in [0.5, 0.6) is 5.75 Å². The minimum atomic E-state index is -0.217. The Bertz CT molecular complexity index is 1500. The van der Waals surface area contributed by atoms with E-state index in [4.69, 9.17) is 21.3 Å². The van der Waals surface area contributed by atoms with Gasteiger partial charge in [0.25, 0.3) is 5.91 Å². The van der Waals surface area contributed by atoms with E-state index in [0.29, 0.717) is 22.3 Å². The second-order valence-corrected chi connectivity index (χ2v) is 8.99. The summed E-state index contributed by atoms with van der Waals surface area (Å²) in [7, 11) is 0. The van der Waals surface area contributed by atoms with Gasteiger partial charge in [-0.25, -0.2) is 9.97 Å². The van der Waals surface area contributed by atoms with E-state index in [1.54, 1.807) is 0 Å². The summed E-state index contributed by atoms with van der Waals surface area (Å²) in [5.74, 6) is 0.570. The fourth-order valence-corrected chi connectivity index (χ4v) is 4.88. The normalized spacial score (nSPS) is 11.1. The van der Waals surface area contributed by atoms with Gasteiger partial charge in [0.15, 0.2) is 5.13 Å². The average Bonchev–Trinajstić information content (AvgIpc) is 3.21. The van der Waals surface area contributed by atoms with Crippen molar-refractivity contribution in [1.29, 1.82) is 0 Å². The van der Waals surface area contributed by atoms with Crippen LogP contribution in [0.15, 0.2) is 66.7 Å². The Morgan fingerprint density at radius 2 is 1.82 bits per heavy atom. The summed E-state index contributed by atoms with van der Waals surface area (Å²) in [5, 5.41) is 4.99. The van der Waals surface area contributed by atoms with Crippen LogP contribution >= 0.6 is 22.9 Å². The Hall–Kier alpha value is -3.48. The van der Waals surface area contributed by atoms with Crippen molar-refractivity contribution >= 4 is 55.1 Å². The number of fused-ring (bicyclic) bond motifs is 2. The largest absolute Gasteiger partial charge is 0.494 e. The zero-order valence-electron chi connectivity index (χ0n) is 18.1. The zero-order chi connectivity index (χ0) is 22.9. The molecule has 0 saturated carbocycles. The van der Waals surface area contributed by atoms with Gasteiger partial charge in [-0.2, -0.15) is 0 Å². The van der Waals surface area contributed by atoms with Gasteiger partial charge in [-0.3, -0.25) is 10.1 Å². The second kappa shape index (κ2) is 8.81. The molecule has 2 aromatic heterocycles. The minimum absolute atomic E-state index is 0.217. The molecule has 1 amide bonds. The van der Waals surface area contributed by atoms with Crippen LogP contribution in [0.1, 0.15) is 22.8 Å². The molecule has 3 aromatic carbocycles. The van der Waals surface area contributed by atoms with Gasteiger partial charge in [-0.15, -0.1) is 0 Å². The lowest BCUT2D eigenvalue weighted by molar-refractivity contribution is 0.102. The molecular weight excluding hydrogens is 454 g/mol. The minimum Gasteiger partial charge on any atom is -0.494 e. The molecule has 1 N–H and O–H groups in total. The molecule has 0 fully saturated rings. The Morgan fingerprint density at radius 3 is 2.61 bits per heavy atom. The van der Waals surface area contributed by atoms with Crippen molar-refractivity contribution in [2.75, 3.05) is 11.9 Å². The number of benzene rings is 3. The van der Waals surface area contributed by atoms with Crippen LogP contribution < -0.4 is 10.1 Å². The lowest BCUT2D eigenvalue weighted by Crippen LogP contribution is -2.15. The summed E-state index contributed by atoms with van der Waals surface area (Å²) in [5.41, 5.74) is 4.61. The van der Waals surface area contributed by atoms with Crippen molar-refractivity contribution < 1.29 is 9.53 Å². The number of pyridine rings is 1. The first kappa shape index (κ1) is 21.4. The Balaban J connectivity index is 1.57. The molecule has 0 aliphatic carbocycles. The predicted molar refractivity (Wildman–Crippen MR) is 136 cm³/mol. The fraction of sp³-hybridized carbons (Fsp3) is 0.115. The zero-order valence-corrected chi connectivity index (χ0v) is 19.6. The van der Waals surface area contributed by atoms with E-state index in [2.05, 4.69) is 10.3 Å². The Kier molecular flexibility index (Phi) is 5.70. The van der Waals surface area contributed by atoms with Crippen LogP contribution in [0, 0.1) is 6.92 Å². The molecule has 0 radical (unpaired) electrons. The van der Waals surface area contributed by atoms with Crippen LogP contribution in [0.3, 0.4) is 0 Å². The highest BCUT2D eigenvalue weighted by atomic mass is 35.5. The first-order valence-corrected chi connectivity index (χ1v) is 11.7. The smallest absolute Gasteiger partial charge is 0.258 e. The highest BCUT2D eigenvalue weighted by molar-refractivity contribution is 7.22. The molecule has 7 heteroatoms. The first-order chi connectivity index (χ1) is 16.0. The number of carbonyl (C=O) groups is 1. The summed E-state index contributed by atoms with van der Waals surface area (Å²) >= 11 is 7.49. The summed E-state index contributed by atoms with van der Waals surface area (Å²) < 4.78 is 6.53. The highest BCUT2D eigenvalue weighted by Gasteiger charge is 2.20. The van der Waals surface area contributed by atoms with Crippen LogP contribution in [0.25, 0.3) is 32.4 Å². The molecule has 0 bridgehead atoms. The van der Waals surface area contributed by atoms with E-state index in [9.17, 15) is 4.79 Å². The van der Waals surface area contributed by atoms with E-state index in [-0.39, 0.29) is 5.91 Å². The van der Waals surface area contributed by atoms with Crippen LogP contribution in [-0.4, -0.2) is 22.5 Å². The lowest BCUT2D eigenvalue weighted by Gasteiger charge is -2.14. The van der Waals surface area contributed by atoms with Crippen LogP contribution in [0.4, 0.5) is 5.13 Å². The quantitative estimate of drug-likeness (QED) is 0.295. The van der Waals surface area contributed by atoms with Gasteiger partial charge in [0.1, 0.15) is 5.75 Å². The molecule has 2 heterocycles. The standard InChI is InChI=1S/C26H20ClN3O2S/c1-3-32-18-12-13-21-22(14-18)33-26(29-21)30-25(31)23-15(2)24(16-8-10-17(27)11-9-16)28-20-7-5-4-6-19(20)23/h4-14H,3H2,1-2H3,(H,29,30,31). The van der Waals surface area contributed by atoms with Crippen molar-refractivity contribution in [1.82, 2.24) is 9.97 Å². The van der Waals surface area contributed by atoms with Gasteiger partial charge in [0.05, 0.1) is 33.6 Å². The maximum absolute atomic E-state index is 13.5. The molecule has 5 nitrogen and oxygen atoms in total. The number of ether oxygens (including phenoxy) is 1. The maximum atomic E-state index is 13.5. The number of aromatic nitrogens is 2. The first-order valence-electron chi connectivity index (χ1n) is 10.5. The van der Waals surface area contributed by atoms with Crippen molar-refractivity contribution in [3.05, 3.63) is 82.9 Å². The fourth-order valence-electron chi connectivity index (χ4n) is 3.86. The van der Waals surface area contributed by atoms with E-state index in [1.165, 1.54) is 11.3 Å². The molecule has 5 rings (SSSR count). The number of hydrogen-bond acceptors (Lipinski definition) is 5. The molecule has 0 aliphatic rings. The average molecular weight is 474 g/mol. The van der Waals surface area contributed by atoms with Gasteiger partial charge in [-0.05, 0) is 55.8 Å². The number of halogens is 1. The van der Waals surface area contributed by atoms with Gasteiger partial charge in [-0.1, -0.05) is 53.3 Å². The van der Waals surface area contributed by atoms with Crippen molar-refractivity contribution in [2.24, 2.45) is 0 Å². The predicted octanol–water partition coefficient (Wildman–Crippen LogP) is 7.12. The number of para-hydroxylation sites is 1. The molecular formula is C26H20ClN3O2S. The molecule has 5 aromatic rings. The van der Waals surface area contributed by atoms with E-state index >= 15 is 0 Å². The number of anilines is 1. The van der Waals surface area contributed by atoms with Crippen LogP contribution in [-0.2, 0) is 0 Å². The number of carbonyl (C=O) groups excluding carboxylic acids is 1. The molecule has 33 heavy (non-hydrogen) atoms. The SMILES string of the molecule is CCOc1ccc2nc(NC(=O)c3c(C)c(-c4ccc(Cl)cc4)nc4ccccc34)sc2c1. The summed E-state index contributed by atoms with van der Waals surface area (Å²) in [6.07, 6.45) is 0. The number of nitrogens with zero attached hydrogens (tertiary/aromatic N) is 2. The van der Waals surface area contributed by atoms with Gasteiger partial charge in [0.2, 0.25) is 0 Å². The van der Waals surface area contributed by atoms with E-state index in [0.717, 1.165) is 43.7 Å². The third kappa shape index (κ3) is 4.15. The lowest BCUT2D eigenvalue weighted by atomic mass is 9.97. The highest BCUT2D eigenvalue weighted by Crippen LogP contribution is 2.33. The van der Waals surface area contributed by atoms with E-state index in [1.807, 2.05) is 80.6 Å². The molecule has 0 atom stereocenters. The monoisotopic (exact) mass is 473 g/mol. The summed E-state index contributed by atoms with van der Waals surface area (Å²) in [4.78, 5) is 22.9. The van der Waals surface area contributed by atoms with Crippen molar-refractivity contribution in [3.8, 4) is 17.0 Å². The summed E-state index contributed by atoms with van der Waals surface area (Å²) in [6.45, 7) is 4.46. The third-order valence-electron chi connectivity index (χ3n) is 5.37. The third-order valence-corrected chi connectivity index (χ3v) is 6.56. The maximum Gasteiger partial charge on any atom is 0.258 e. The second-order valence-electron chi connectivity index (χ2n) is 7.52. The Morgan fingerprint density at radius 1 is 1.03 bits per heavy atom. The molecule has 0 saturated heterocycles. The molecule has 0 spiro atoms. The topological polar surface area (TPSA) is 64.1 Å². The number of hydrogen-bond donors (Lipinski definition) is 1. The molecule has 164 valence electrons. The van der Waals surface area contributed by atoms with Crippen LogP contribution in [0.2, 0.25) is 5.02 Å². The number of amides is 1. The molecule has 0 aliphatic heterocycles. The van der Waals surface area contributed by atoms with E-state index < -0.39 is 0 Å². The number of thiazole rings is 1.